The van der Waals surface area contributed by atoms with Crippen molar-refractivity contribution in [3.63, 3.8) is 0 Å². The number of anilines is 1. The van der Waals surface area contributed by atoms with Crippen molar-refractivity contribution in [2.45, 2.75) is 37.6 Å². The predicted molar refractivity (Wildman–Crippen MR) is 77.6 cm³/mol. The van der Waals surface area contributed by atoms with Crippen molar-refractivity contribution in [1.29, 1.82) is 0 Å². The molecule has 0 bridgehead atoms. The Morgan fingerprint density at radius 2 is 2.05 bits per heavy atom. The van der Waals surface area contributed by atoms with Gasteiger partial charge in [-0.25, -0.2) is 8.42 Å². The second-order valence-corrected chi connectivity index (χ2v) is 7.66. The number of hydrogen-bond acceptors (Lipinski definition) is 3. The maximum absolute atomic E-state index is 12.7. The molecule has 1 aliphatic rings. The van der Waals surface area contributed by atoms with Gasteiger partial charge in [-0.3, -0.25) is 0 Å². The first-order valence-corrected chi connectivity index (χ1v) is 8.21. The van der Waals surface area contributed by atoms with E-state index in [1.54, 1.807) is 10.4 Å². The number of nitrogens with two attached hydrogens (primary N) is 1. The van der Waals surface area contributed by atoms with Crippen LogP contribution in [0.4, 0.5) is 5.69 Å². The second kappa shape index (κ2) is 5.31. The first-order valence-electron chi connectivity index (χ1n) is 6.39. The molecule has 106 valence electrons. The fourth-order valence-electron chi connectivity index (χ4n) is 2.01. The third kappa shape index (κ3) is 3.22. The lowest BCUT2D eigenvalue weighted by atomic mass is 10.2. The molecular formula is C13H19ClN2O2S. The van der Waals surface area contributed by atoms with Gasteiger partial charge in [0.05, 0.1) is 5.02 Å². The summed E-state index contributed by atoms with van der Waals surface area (Å²) in [6.07, 6.45) is 1.85. The highest BCUT2D eigenvalue weighted by molar-refractivity contribution is 7.89. The zero-order chi connectivity index (χ0) is 14.2. The summed E-state index contributed by atoms with van der Waals surface area (Å²) in [6, 6.07) is 4.69. The molecule has 0 spiro atoms. The van der Waals surface area contributed by atoms with Gasteiger partial charge < -0.3 is 5.73 Å². The summed E-state index contributed by atoms with van der Waals surface area (Å²) < 4.78 is 27.0. The largest absolute Gasteiger partial charge is 0.399 e. The van der Waals surface area contributed by atoms with E-state index in [4.69, 9.17) is 17.3 Å². The molecule has 4 nitrogen and oxygen atoms in total. The molecule has 0 amide bonds. The normalized spacial score (nSPS) is 16.3. The van der Waals surface area contributed by atoms with E-state index >= 15 is 0 Å². The molecule has 2 rings (SSSR count). The first kappa shape index (κ1) is 14.6. The van der Waals surface area contributed by atoms with E-state index in [0.717, 1.165) is 12.8 Å². The van der Waals surface area contributed by atoms with E-state index in [-0.39, 0.29) is 21.9 Å². The molecule has 1 fully saturated rings. The van der Waals surface area contributed by atoms with Gasteiger partial charge in [0.1, 0.15) is 4.90 Å². The van der Waals surface area contributed by atoms with Gasteiger partial charge in [-0.1, -0.05) is 25.4 Å². The Morgan fingerprint density at radius 1 is 1.42 bits per heavy atom. The Hall–Kier alpha value is -0.780. The minimum atomic E-state index is -3.56. The van der Waals surface area contributed by atoms with Crippen LogP contribution in [0.5, 0.6) is 0 Å². The number of halogens is 1. The molecule has 1 aliphatic carbocycles. The van der Waals surface area contributed by atoms with Gasteiger partial charge in [-0.05, 0) is 37.0 Å². The van der Waals surface area contributed by atoms with Crippen molar-refractivity contribution >= 4 is 27.3 Å². The number of nitrogen functional groups attached to an aromatic ring is 1. The van der Waals surface area contributed by atoms with E-state index in [1.165, 1.54) is 12.1 Å². The van der Waals surface area contributed by atoms with Gasteiger partial charge in [0.15, 0.2) is 0 Å². The monoisotopic (exact) mass is 302 g/mol. The standard InChI is InChI=1S/C13H19ClN2O2S/c1-9(2)8-16(11-4-5-11)19(17,18)13-7-10(15)3-6-12(13)14/h3,6-7,9,11H,4-5,8,15H2,1-2H3. The van der Waals surface area contributed by atoms with Gasteiger partial charge >= 0.3 is 0 Å². The lowest BCUT2D eigenvalue weighted by Gasteiger charge is -2.24. The lowest BCUT2D eigenvalue weighted by Crippen LogP contribution is -2.36. The summed E-state index contributed by atoms with van der Waals surface area (Å²) in [5.74, 6) is 0.273. The van der Waals surface area contributed by atoms with E-state index < -0.39 is 10.0 Å². The fraction of sp³-hybridized carbons (Fsp3) is 0.538. The van der Waals surface area contributed by atoms with Gasteiger partial charge in [0, 0.05) is 18.3 Å². The quantitative estimate of drug-likeness (QED) is 0.851. The average molecular weight is 303 g/mol. The van der Waals surface area contributed by atoms with E-state index in [1.807, 2.05) is 13.8 Å². The third-order valence-corrected chi connectivity index (χ3v) is 5.44. The van der Waals surface area contributed by atoms with E-state index in [2.05, 4.69) is 0 Å². The van der Waals surface area contributed by atoms with Crippen molar-refractivity contribution in [2.24, 2.45) is 5.92 Å². The van der Waals surface area contributed by atoms with Crippen LogP contribution < -0.4 is 5.73 Å². The van der Waals surface area contributed by atoms with E-state index in [0.29, 0.717) is 12.2 Å². The molecule has 0 saturated heterocycles. The van der Waals surface area contributed by atoms with Crippen LogP contribution in [0.2, 0.25) is 5.02 Å². The Kier molecular flexibility index (Phi) is 4.08. The highest BCUT2D eigenvalue weighted by Gasteiger charge is 2.39. The van der Waals surface area contributed by atoms with Crippen molar-refractivity contribution in [1.82, 2.24) is 4.31 Å². The van der Waals surface area contributed by atoms with Gasteiger partial charge in [0.25, 0.3) is 0 Å². The predicted octanol–water partition coefficient (Wildman–Crippen LogP) is 2.73. The minimum absolute atomic E-state index is 0.113. The highest BCUT2D eigenvalue weighted by Crippen LogP contribution is 2.35. The molecule has 1 aromatic carbocycles. The van der Waals surface area contributed by atoms with Gasteiger partial charge in [-0.2, -0.15) is 4.31 Å². The second-order valence-electron chi connectivity index (χ2n) is 5.39. The first-order chi connectivity index (χ1) is 8.82. The highest BCUT2D eigenvalue weighted by atomic mass is 35.5. The molecule has 1 aromatic rings. The molecule has 0 atom stereocenters. The maximum atomic E-state index is 12.7. The number of nitrogens with zero attached hydrogens (tertiary/aromatic N) is 1. The van der Waals surface area contributed by atoms with Crippen LogP contribution in [0, 0.1) is 5.92 Å². The summed E-state index contributed by atoms with van der Waals surface area (Å²) in [5, 5.41) is 0.226. The molecule has 0 heterocycles. The van der Waals surface area contributed by atoms with Crippen molar-refractivity contribution < 1.29 is 8.42 Å². The van der Waals surface area contributed by atoms with Crippen LogP contribution >= 0.6 is 11.6 Å². The van der Waals surface area contributed by atoms with Crippen molar-refractivity contribution in [3.8, 4) is 0 Å². The number of hydrogen-bond donors (Lipinski definition) is 1. The maximum Gasteiger partial charge on any atom is 0.244 e. The summed E-state index contributed by atoms with van der Waals surface area (Å²) >= 11 is 6.03. The topological polar surface area (TPSA) is 63.4 Å². The number of sulfonamides is 1. The van der Waals surface area contributed by atoms with Crippen LogP contribution in [-0.2, 0) is 10.0 Å². The zero-order valence-corrected chi connectivity index (χ0v) is 12.7. The van der Waals surface area contributed by atoms with E-state index in [9.17, 15) is 8.42 Å². The minimum Gasteiger partial charge on any atom is -0.399 e. The van der Waals surface area contributed by atoms with Crippen LogP contribution in [-0.4, -0.2) is 25.3 Å². The summed E-state index contributed by atoms with van der Waals surface area (Å²) in [6.45, 7) is 4.52. The van der Waals surface area contributed by atoms with Crippen molar-refractivity contribution in [3.05, 3.63) is 23.2 Å². The molecule has 2 N–H and O–H groups in total. The smallest absolute Gasteiger partial charge is 0.244 e. The molecule has 0 unspecified atom stereocenters. The molecular weight excluding hydrogens is 284 g/mol. The third-order valence-electron chi connectivity index (χ3n) is 3.04. The SMILES string of the molecule is CC(C)CN(C1CC1)S(=O)(=O)c1cc(N)ccc1Cl. The molecule has 0 aliphatic heterocycles. The Bertz CT molecular complexity index is 568. The molecule has 0 radical (unpaired) electrons. The summed E-state index contributed by atoms with van der Waals surface area (Å²) in [4.78, 5) is 0.113. The van der Waals surface area contributed by atoms with Gasteiger partial charge in [-0.15, -0.1) is 0 Å². The lowest BCUT2D eigenvalue weighted by molar-refractivity contribution is 0.360. The van der Waals surface area contributed by atoms with Crippen LogP contribution in [0.3, 0.4) is 0 Å². The Balaban J connectivity index is 2.41. The summed E-state index contributed by atoms with van der Waals surface area (Å²) in [5.41, 5.74) is 6.08. The van der Waals surface area contributed by atoms with Crippen LogP contribution in [0.1, 0.15) is 26.7 Å². The zero-order valence-electron chi connectivity index (χ0n) is 11.1. The van der Waals surface area contributed by atoms with Crippen LogP contribution in [0.15, 0.2) is 23.1 Å². The number of rotatable bonds is 5. The Morgan fingerprint density at radius 3 is 2.58 bits per heavy atom. The molecule has 19 heavy (non-hydrogen) atoms. The molecule has 6 heteroatoms. The average Bonchev–Trinajstić information content (AvgIpc) is 3.12. The van der Waals surface area contributed by atoms with Crippen molar-refractivity contribution in [2.75, 3.05) is 12.3 Å². The van der Waals surface area contributed by atoms with Crippen LogP contribution in [0.25, 0.3) is 0 Å². The molecule has 0 aromatic heterocycles. The Labute approximate surface area is 119 Å². The number of benzene rings is 1. The summed E-state index contributed by atoms with van der Waals surface area (Å²) in [7, 11) is -3.56. The fourth-order valence-corrected chi connectivity index (χ4v) is 4.37. The van der Waals surface area contributed by atoms with Gasteiger partial charge in [0.2, 0.25) is 10.0 Å². The molecule has 1 saturated carbocycles.